The van der Waals surface area contributed by atoms with E-state index in [2.05, 4.69) is 0 Å². The molecule has 0 atom stereocenters. The number of aryl methyl sites for hydroxylation is 1. The monoisotopic (exact) mass is 247 g/mol. The topological polar surface area (TPSA) is 29.5 Å². The number of methoxy groups -OCH3 is 1. The molecule has 0 bridgehead atoms. The van der Waals surface area contributed by atoms with E-state index in [0.717, 1.165) is 5.56 Å². The molecule has 0 aliphatic heterocycles. The Kier molecular flexibility index (Phi) is 3.83. The number of ether oxygens (including phenoxy) is 1. The van der Waals surface area contributed by atoms with E-state index < -0.39 is 5.37 Å². The maximum Gasteiger partial charge on any atom is 0.320 e. The number of nitrogens with zero attached hydrogens (tertiary/aromatic N) is 1. The van der Waals surface area contributed by atoms with Crippen molar-refractivity contribution in [2.75, 3.05) is 19.1 Å². The van der Waals surface area contributed by atoms with E-state index in [-0.39, 0.29) is 0 Å². The first-order valence-electron chi connectivity index (χ1n) is 4.24. The van der Waals surface area contributed by atoms with Crippen LogP contribution in [0.3, 0.4) is 0 Å². The number of anilines is 1. The van der Waals surface area contributed by atoms with Crippen molar-refractivity contribution in [1.82, 2.24) is 0 Å². The van der Waals surface area contributed by atoms with Crippen molar-refractivity contribution in [3.63, 3.8) is 0 Å². The van der Waals surface area contributed by atoms with E-state index in [0.29, 0.717) is 16.5 Å². The molecule has 3 nitrogen and oxygen atoms in total. The number of hydrogen-bond acceptors (Lipinski definition) is 2. The standard InChI is InChI=1S/C10H11Cl2NO2/c1-6-4-9(15-3)8(5-7(6)11)13(2)10(12)14/h4-5H,1-3H3. The molecule has 0 heterocycles. The van der Waals surface area contributed by atoms with E-state index in [4.69, 9.17) is 27.9 Å². The summed E-state index contributed by atoms with van der Waals surface area (Å²) in [6.07, 6.45) is 0. The van der Waals surface area contributed by atoms with Gasteiger partial charge in [-0.2, -0.15) is 0 Å². The number of carbonyl (C=O) groups is 1. The second-order valence-corrected chi connectivity index (χ2v) is 3.82. The quantitative estimate of drug-likeness (QED) is 0.592. The van der Waals surface area contributed by atoms with E-state index in [1.54, 1.807) is 19.2 Å². The predicted molar refractivity (Wildman–Crippen MR) is 62.4 cm³/mol. The summed E-state index contributed by atoms with van der Waals surface area (Å²) in [5.74, 6) is 0.563. The Morgan fingerprint density at radius 1 is 1.47 bits per heavy atom. The Balaban J connectivity index is 3.27. The average molecular weight is 248 g/mol. The Labute approximate surface area is 98.5 Å². The van der Waals surface area contributed by atoms with Crippen molar-refractivity contribution >= 4 is 34.3 Å². The molecule has 0 radical (unpaired) electrons. The number of amides is 1. The van der Waals surface area contributed by atoms with Crippen LogP contribution in [0.15, 0.2) is 12.1 Å². The van der Waals surface area contributed by atoms with Crippen molar-refractivity contribution in [2.24, 2.45) is 0 Å². The minimum Gasteiger partial charge on any atom is -0.495 e. The van der Waals surface area contributed by atoms with Crippen LogP contribution in [-0.2, 0) is 0 Å². The highest BCUT2D eigenvalue weighted by atomic mass is 35.5. The number of hydrogen-bond donors (Lipinski definition) is 0. The Morgan fingerprint density at radius 2 is 2.07 bits per heavy atom. The third kappa shape index (κ3) is 2.55. The van der Waals surface area contributed by atoms with Crippen molar-refractivity contribution in [3.05, 3.63) is 22.7 Å². The highest BCUT2D eigenvalue weighted by Gasteiger charge is 2.14. The summed E-state index contributed by atoms with van der Waals surface area (Å²) in [5.41, 5.74) is 1.43. The van der Waals surface area contributed by atoms with Gasteiger partial charge in [0.1, 0.15) is 5.75 Å². The minimum absolute atomic E-state index is 0.549. The lowest BCUT2D eigenvalue weighted by Crippen LogP contribution is -2.20. The maximum atomic E-state index is 11.0. The second kappa shape index (κ2) is 4.73. The molecule has 0 N–H and O–H groups in total. The van der Waals surface area contributed by atoms with Crippen LogP contribution in [0.4, 0.5) is 10.5 Å². The molecule has 1 rings (SSSR count). The molecule has 1 aromatic carbocycles. The van der Waals surface area contributed by atoms with Crippen LogP contribution in [0.2, 0.25) is 5.02 Å². The lowest BCUT2D eigenvalue weighted by molar-refractivity contribution is 0.265. The number of rotatable bonds is 2. The van der Waals surface area contributed by atoms with Gasteiger partial charge >= 0.3 is 5.37 Å². The number of halogens is 2. The highest BCUT2D eigenvalue weighted by molar-refractivity contribution is 6.66. The van der Waals surface area contributed by atoms with Gasteiger partial charge in [0, 0.05) is 12.1 Å². The Hall–Kier alpha value is -0.930. The molecule has 0 aliphatic rings. The van der Waals surface area contributed by atoms with Crippen molar-refractivity contribution in [1.29, 1.82) is 0 Å². The first-order chi connectivity index (χ1) is 6.97. The fourth-order valence-electron chi connectivity index (χ4n) is 1.16. The van der Waals surface area contributed by atoms with Gasteiger partial charge in [0.25, 0.3) is 0 Å². The predicted octanol–water partition coefficient (Wildman–Crippen LogP) is 3.45. The molecule has 0 aliphatic carbocycles. The van der Waals surface area contributed by atoms with E-state index >= 15 is 0 Å². The molecular weight excluding hydrogens is 237 g/mol. The molecule has 1 aromatic rings. The average Bonchev–Trinajstić information content (AvgIpc) is 2.20. The molecule has 0 saturated heterocycles. The van der Waals surface area contributed by atoms with Gasteiger partial charge in [-0.15, -0.1) is 0 Å². The molecule has 82 valence electrons. The third-order valence-electron chi connectivity index (χ3n) is 2.09. The molecule has 1 amide bonds. The van der Waals surface area contributed by atoms with Crippen LogP contribution in [0.1, 0.15) is 5.56 Å². The molecular formula is C10H11Cl2NO2. The fourth-order valence-corrected chi connectivity index (χ4v) is 1.41. The van der Waals surface area contributed by atoms with Crippen LogP contribution in [0.25, 0.3) is 0 Å². The first kappa shape index (κ1) is 12.1. The van der Waals surface area contributed by atoms with Crippen LogP contribution >= 0.6 is 23.2 Å². The van der Waals surface area contributed by atoms with Crippen molar-refractivity contribution in [3.8, 4) is 5.75 Å². The molecule has 15 heavy (non-hydrogen) atoms. The molecule has 0 aromatic heterocycles. The van der Waals surface area contributed by atoms with Crippen LogP contribution in [-0.4, -0.2) is 19.5 Å². The Bertz CT molecular complexity index is 393. The lowest BCUT2D eigenvalue weighted by Gasteiger charge is -2.18. The van der Waals surface area contributed by atoms with Crippen molar-refractivity contribution < 1.29 is 9.53 Å². The summed E-state index contributed by atoms with van der Waals surface area (Å²) in [6.45, 7) is 1.86. The minimum atomic E-state index is -0.590. The summed E-state index contributed by atoms with van der Waals surface area (Å²) < 4.78 is 5.14. The van der Waals surface area contributed by atoms with E-state index in [1.165, 1.54) is 12.0 Å². The SMILES string of the molecule is COc1cc(C)c(Cl)cc1N(C)C(=O)Cl. The van der Waals surface area contributed by atoms with Gasteiger partial charge in [-0.05, 0) is 36.2 Å². The highest BCUT2D eigenvalue weighted by Crippen LogP contribution is 2.33. The largest absolute Gasteiger partial charge is 0.495 e. The summed E-state index contributed by atoms with van der Waals surface area (Å²) in [6, 6.07) is 3.41. The zero-order valence-electron chi connectivity index (χ0n) is 8.67. The summed E-state index contributed by atoms with van der Waals surface area (Å²) in [4.78, 5) is 12.3. The van der Waals surface area contributed by atoms with Gasteiger partial charge in [0.15, 0.2) is 0 Å². The van der Waals surface area contributed by atoms with Crippen LogP contribution < -0.4 is 9.64 Å². The second-order valence-electron chi connectivity index (χ2n) is 3.09. The molecule has 0 unspecified atom stereocenters. The molecule has 0 spiro atoms. The summed E-state index contributed by atoms with van der Waals surface area (Å²) in [7, 11) is 3.08. The molecule has 5 heteroatoms. The van der Waals surface area contributed by atoms with Gasteiger partial charge in [-0.25, -0.2) is 0 Å². The Morgan fingerprint density at radius 3 is 2.53 bits per heavy atom. The van der Waals surface area contributed by atoms with Crippen LogP contribution in [0, 0.1) is 6.92 Å². The molecule has 0 saturated carbocycles. The van der Waals surface area contributed by atoms with Gasteiger partial charge in [-0.3, -0.25) is 9.69 Å². The first-order valence-corrected chi connectivity index (χ1v) is 5.00. The van der Waals surface area contributed by atoms with Gasteiger partial charge in [-0.1, -0.05) is 11.6 Å². The third-order valence-corrected chi connectivity index (χ3v) is 2.75. The number of benzene rings is 1. The van der Waals surface area contributed by atoms with Crippen molar-refractivity contribution in [2.45, 2.75) is 6.92 Å². The normalized spacial score (nSPS) is 9.93. The smallest absolute Gasteiger partial charge is 0.320 e. The van der Waals surface area contributed by atoms with Gasteiger partial charge < -0.3 is 4.74 Å². The fraction of sp³-hybridized carbons (Fsp3) is 0.300. The number of carbonyl (C=O) groups excluding carboxylic acids is 1. The zero-order chi connectivity index (χ0) is 11.6. The zero-order valence-corrected chi connectivity index (χ0v) is 10.2. The maximum absolute atomic E-state index is 11.0. The lowest BCUT2D eigenvalue weighted by atomic mass is 10.2. The van der Waals surface area contributed by atoms with E-state index in [9.17, 15) is 4.79 Å². The van der Waals surface area contributed by atoms with Gasteiger partial charge in [0.2, 0.25) is 0 Å². The molecule has 0 fully saturated rings. The summed E-state index contributed by atoms with van der Waals surface area (Å²) >= 11 is 11.3. The summed E-state index contributed by atoms with van der Waals surface area (Å²) in [5, 5.41) is -0.0243. The van der Waals surface area contributed by atoms with E-state index in [1.807, 2.05) is 6.92 Å². The van der Waals surface area contributed by atoms with Gasteiger partial charge in [0.05, 0.1) is 12.8 Å². The van der Waals surface area contributed by atoms with Crippen LogP contribution in [0.5, 0.6) is 5.75 Å².